The molecule has 1 aromatic heterocycles. The summed E-state index contributed by atoms with van der Waals surface area (Å²) in [6.07, 6.45) is 3.75. The third-order valence-electron chi connectivity index (χ3n) is 3.73. The van der Waals surface area contributed by atoms with Gasteiger partial charge in [-0.15, -0.1) is 0 Å². The lowest BCUT2D eigenvalue weighted by Crippen LogP contribution is -2.16. The van der Waals surface area contributed by atoms with Crippen molar-refractivity contribution in [2.45, 2.75) is 12.3 Å². The molecule has 0 atom stereocenters. The molecule has 0 aliphatic carbocycles. The predicted molar refractivity (Wildman–Crippen MR) is 107 cm³/mol. The van der Waals surface area contributed by atoms with Crippen molar-refractivity contribution in [3.8, 4) is 0 Å². The van der Waals surface area contributed by atoms with Gasteiger partial charge in [0.15, 0.2) is 0 Å². The van der Waals surface area contributed by atoms with Gasteiger partial charge in [-0.2, -0.15) is 16.9 Å². The number of nitrogens with zero attached hydrogens (tertiary/aromatic N) is 2. The Labute approximate surface area is 159 Å². The van der Waals surface area contributed by atoms with Crippen molar-refractivity contribution in [1.29, 1.82) is 0 Å². The fourth-order valence-corrected chi connectivity index (χ4v) is 3.23. The van der Waals surface area contributed by atoms with Gasteiger partial charge in [0.1, 0.15) is 5.82 Å². The van der Waals surface area contributed by atoms with Crippen LogP contribution in [0, 0.1) is 0 Å². The summed E-state index contributed by atoms with van der Waals surface area (Å²) in [4.78, 5) is 12.5. The lowest BCUT2D eigenvalue weighted by atomic mass is 10.1. The molecule has 1 amide bonds. The fraction of sp³-hybridized carbons (Fsp3) is 0.158. The van der Waals surface area contributed by atoms with Gasteiger partial charge in [-0.25, -0.2) is 4.68 Å². The zero-order chi connectivity index (χ0) is 17.6. The highest BCUT2D eigenvalue weighted by molar-refractivity contribution is 9.10. The van der Waals surface area contributed by atoms with Gasteiger partial charge >= 0.3 is 0 Å². The second kappa shape index (κ2) is 8.36. The van der Waals surface area contributed by atoms with Crippen molar-refractivity contribution >= 4 is 39.4 Å². The molecule has 0 unspecified atom stereocenters. The van der Waals surface area contributed by atoms with Crippen LogP contribution in [-0.4, -0.2) is 21.9 Å². The van der Waals surface area contributed by atoms with Crippen LogP contribution in [0.15, 0.2) is 65.3 Å². The Morgan fingerprint density at radius 2 is 1.76 bits per heavy atom. The maximum atomic E-state index is 12.5. The number of benzene rings is 2. The van der Waals surface area contributed by atoms with Crippen LogP contribution in [0.4, 0.5) is 5.82 Å². The first kappa shape index (κ1) is 17.8. The number of thioether (sulfide) groups is 1. The number of hydrogen-bond acceptors (Lipinski definition) is 3. The van der Waals surface area contributed by atoms with E-state index in [1.807, 2.05) is 48.5 Å². The van der Waals surface area contributed by atoms with Gasteiger partial charge in [0.05, 0.1) is 12.7 Å². The highest BCUT2D eigenvalue weighted by Crippen LogP contribution is 2.16. The minimum atomic E-state index is -0.131. The lowest BCUT2D eigenvalue weighted by molar-refractivity contribution is 0.102. The van der Waals surface area contributed by atoms with E-state index in [-0.39, 0.29) is 5.91 Å². The molecule has 0 aliphatic rings. The molecule has 1 heterocycles. The lowest BCUT2D eigenvalue weighted by Gasteiger charge is -2.10. The molecular formula is C19H18BrN3OS. The molecule has 0 aliphatic heterocycles. The Bertz CT molecular complexity index is 844. The number of halogens is 1. The summed E-state index contributed by atoms with van der Waals surface area (Å²) in [6.45, 7) is 0.600. The van der Waals surface area contributed by atoms with Crippen LogP contribution in [0.3, 0.4) is 0 Å². The van der Waals surface area contributed by atoms with E-state index in [0.29, 0.717) is 17.9 Å². The van der Waals surface area contributed by atoms with E-state index in [9.17, 15) is 4.79 Å². The standard InChI is InChI=1S/C19H18BrN3OS/c1-25-13-15-2-6-16(7-3-15)19(24)22-18-10-11-21-23(18)12-14-4-8-17(20)9-5-14/h2-11H,12-13H2,1H3,(H,22,24). The average Bonchev–Trinajstić information content (AvgIpc) is 3.04. The largest absolute Gasteiger partial charge is 0.307 e. The van der Waals surface area contributed by atoms with Crippen LogP contribution in [-0.2, 0) is 12.3 Å². The Kier molecular flexibility index (Phi) is 5.94. The third-order valence-corrected chi connectivity index (χ3v) is 4.88. The van der Waals surface area contributed by atoms with Gasteiger partial charge in [-0.3, -0.25) is 4.79 Å². The van der Waals surface area contributed by atoms with Crippen molar-refractivity contribution in [1.82, 2.24) is 9.78 Å². The SMILES string of the molecule is CSCc1ccc(C(=O)Nc2ccnn2Cc2ccc(Br)cc2)cc1. The van der Waals surface area contributed by atoms with Crippen molar-refractivity contribution in [2.75, 3.05) is 11.6 Å². The maximum absolute atomic E-state index is 12.5. The Morgan fingerprint density at radius 1 is 1.08 bits per heavy atom. The molecule has 1 N–H and O–H groups in total. The highest BCUT2D eigenvalue weighted by atomic mass is 79.9. The molecule has 128 valence electrons. The molecule has 25 heavy (non-hydrogen) atoms. The average molecular weight is 416 g/mol. The summed E-state index contributed by atoms with van der Waals surface area (Å²) in [7, 11) is 0. The molecule has 3 aromatic rings. The second-order valence-electron chi connectivity index (χ2n) is 5.58. The van der Waals surface area contributed by atoms with E-state index >= 15 is 0 Å². The number of anilines is 1. The summed E-state index contributed by atoms with van der Waals surface area (Å²) in [6, 6.07) is 17.5. The quantitative estimate of drug-likeness (QED) is 0.628. The van der Waals surface area contributed by atoms with E-state index in [1.54, 1.807) is 28.7 Å². The Hall–Kier alpha value is -2.05. The minimum absolute atomic E-state index is 0.131. The normalized spacial score (nSPS) is 10.6. The first-order valence-electron chi connectivity index (χ1n) is 7.81. The van der Waals surface area contributed by atoms with Crippen molar-refractivity contribution in [3.63, 3.8) is 0 Å². The van der Waals surface area contributed by atoms with Gasteiger partial charge in [0.25, 0.3) is 5.91 Å². The van der Waals surface area contributed by atoms with Gasteiger partial charge in [0.2, 0.25) is 0 Å². The zero-order valence-corrected chi connectivity index (χ0v) is 16.2. The van der Waals surface area contributed by atoms with E-state index in [4.69, 9.17) is 0 Å². The van der Waals surface area contributed by atoms with Crippen LogP contribution in [0.1, 0.15) is 21.5 Å². The molecule has 0 spiro atoms. The van der Waals surface area contributed by atoms with Crippen molar-refractivity contribution in [2.24, 2.45) is 0 Å². The number of amides is 1. The first-order chi connectivity index (χ1) is 12.2. The molecule has 0 fully saturated rings. The van der Waals surface area contributed by atoms with E-state index in [2.05, 4.69) is 32.6 Å². The van der Waals surface area contributed by atoms with Crippen LogP contribution in [0.2, 0.25) is 0 Å². The van der Waals surface area contributed by atoms with Gasteiger partial charge in [-0.1, -0.05) is 40.2 Å². The molecule has 0 saturated carbocycles. The zero-order valence-electron chi connectivity index (χ0n) is 13.8. The number of carbonyl (C=O) groups is 1. The van der Waals surface area contributed by atoms with Crippen LogP contribution < -0.4 is 5.32 Å². The molecule has 0 saturated heterocycles. The van der Waals surface area contributed by atoms with Crippen molar-refractivity contribution in [3.05, 3.63) is 82.0 Å². The molecule has 0 bridgehead atoms. The summed E-state index contributed by atoms with van der Waals surface area (Å²) in [5.74, 6) is 1.50. The Balaban J connectivity index is 1.69. The molecule has 4 nitrogen and oxygen atoms in total. The third kappa shape index (κ3) is 4.74. The Morgan fingerprint density at radius 3 is 2.44 bits per heavy atom. The van der Waals surface area contributed by atoms with Gasteiger partial charge < -0.3 is 5.32 Å². The monoisotopic (exact) mass is 415 g/mol. The molecule has 2 aromatic carbocycles. The van der Waals surface area contributed by atoms with Crippen LogP contribution >= 0.6 is 27.7 Å². The topological polar surface area (TPSA) is 46.9 Å². The maximum Gasteiger partial charge on any atom is 0.256 e. The van der Waals surface area contributed by atoms with E-state index in [0.717, 1.165) is 15.8 Å². The molecule has 6 heteroatoms. The molecular weight excluding hydrogens is 398 g/mol. The number of hydrogen-bond donors (Lipinski definition) is 1. The van der Waals surface area contributed by atoms with E-state index in [1.165, 1.54) is 5.56 Å². The fourth-order valence-electron chi connectivity index (χ4n) is 2.44. The summed E-state index contributed by atoms with van der Waals surface area (Å²) >= 11 is 5.19. The summed E-state index contributed by atoms with van der Waals surface area (Å²) in [5.41, 5.74) is 2.97. The van der Waals surface area contributed by atoms with Crippen molar-refractivity contribution < 1.29 is 4.79 Å². The molecule has 0 radical (unpaired) electrons. The molecule has 3 rings (SSSR count). The highest BCUT2D eigenvalue weighted by Gasteiger charge is 2.10. The number of rotatable bonds is 6. The minimum Gasteiger partial charge on any atom is -0.307 e. The number of nitrogens with one attached hydrogen (secondary N) is 1. The number of aromatic nitrogens is 2. The predicted octanol–water partition coefficient (Wildman–Crippen LogP) is 4.81. The van der Waals surface area contributed by atoms with Gasteiger partial charge in [0, 0.05) is 21.9 Å². The smallest absolute Gasteiger partial charge is 0.256 e. The summed E-state index contributed by atoms with van der Waals surface area (Å²) in [5, 5.41) is 7.24. The first-order valence-corrected chi connectivity index (χ1v) is 10.00. The van der Waals surface area contributed by atoms with Gasteiger partial charge in [-0.05, 0) is 41.6 Å². The van der Waals surface area contributed by atoms with Crippen LogP contribution in [0.25, 0.3) is 0 Å². The second-order valence-corrected chi connectivity index (χ2v) is 7.37. The van der Waals surface area contributed by atoms with E-state index < -0.39 is 0 Å². The number of carbonyl (C=O) groups excluding carboxylic acids is 1. The summed E-state index contributed by atoms with van der Waals surface area (Å²) < 4.78 is 2.82. The van der Waals surface area contributed by atoms with Crippen LogP contribution in [0.5, 0.6) is 0 Å².